The van der Waals surface area contributed by atoms with E-state index in [0.29, 0.717) is 12.5 Å². The SMILES string of the molecule is CCCNc1cc(CC(C)C)nc(C(C)(CC)OCC)n1. The van der Waals surface area contributed by atoms with Crippen molar-refractivity contribution in [1.82, 2.24) is 9.97 Å². The molecule has 4 nitrogen and oxygen atoms in total. The number of hydrogen-bond donors (Lipinski definition) is 1. The summed E-state index contributed by atoms with van der Waals surface area (Å²) in [4.78, 5) is 9.46. The summed E-state index contributed by atoms with van der Waals surface area (Å²) in [7, 11) is 0. The van der Waals surface area contributed by atoms with Crippen LogP contribution < -0.4 is 5.32 Å². The Balaban J connectivity index is 3.15. The van der Waals surface area contributed by atoms with Crippen molar-refractivity contribution in [2.45, 2.75) is 66.4 Å². The van der Waals surface area contributed by atoms with E-state index in [1.165, 1.54) is 0 Å². The molecule has 0 fully saturated rings. The van der Waals surface area contributed by atoms with Crippen LogP contribution in [0.1, 0.15) is 65.9 Å². The van der Waals surface area contributed by atoms with Gasteiger partial charge in [0, 0.05) is 24.9 Å². The van der Waals surface area contributed by atoms with Gasteiger partial charge < -0.3 is 10.1 Å². The Morgan fingerprint density at radius 1 is 1.24 bits per heavy atom. The second kappa shape index (κ2) is 8.32. The number of aromatic nitrogens is 2. The molecule has 1 rings (SSSR count). The van der Waals surface area contributed by atoms with E-state index in [1.54, 1.807) is 0 Å². The zero-order valence-electron chi connectivity index (χ0n) is 14.5. The summed E-state index contributed by atoms with van der Waals surface area (Å²) in [6.07, 6.45) is 2.90. The molecule has 1 unspecified atom stereocenters. The van der Waals surface area contributed by atoms with Crippen LogP contribution in [-0.2, 0) is 16.8 Å². The van der Waals surface area contributed by atoms with Crippen molar-refractivity contribution in [3.63, 3.8) is 0 Å². The Morgan fingerprint density at radius 3 is 2.48 bits per heavy atom. The molecule has 120 valence electrons. The van der Waals surface area contributed by atoms with Crippen molar-refractivity contribution < 1.29 is 4.74 Å². The first-order valence-corrected chi connectivity index (χ1v) is 8.21. The first-order chi connectivity index (χ1) is 9.95. The molecule has 0 bridgehead atoms. The molecule has 0 aliphatic heterocycles. The van der Waals surface area contributed by atoms with Crippen LogP contribution in [0, 0.1) is 5.92 Å². The molecule has 0 radical (unpaired) electrons. The maximum absolute atomic E-state index is 5.93. The lowest BCUT2D eigenvalue weighted by Gasteiger charge is -2.27. The van der Waals surface area contributed by atoms with Gasteiger partial charge in [-0.25, -0.2) is 9.97 Å². The minimum Gasteiger partial charge on any atom is -0.370 e. The molecular weight excluding hydrogens is 262 g/mol. The normalized spacial score (nSPS) is 14.2. The van der Waals surface area contributed by atoms with Gasteiger partial charge in [-0.15, -0.1) is 0 Å². The van der Waals surface area contributed by atoms with E-state index in [9.17, 15) is 0 Å². The Labute approximate surface area is 129 Å². The molecule has 21 heavy (non-hydrogen) atoms. The summed E-state index contributed by atoms with van der Waals surface area (Å²) in [6, 6.07) is 2.07. The van der Waals surface area contributed by atoms with Crippen LogP contribution in [0.3, 0.4) is 0 Å². The second-order valence-electron chi connectivity index (χ2n) is 6.11. The third kappa shape index (κ3) is 5.27. The molecule has 1 aromatic heterocycles. The minimum atomic E-state index is -0.412. The summed E-state index contributed by atoms with van der Waals surface area (Å²) in [6.45, 7) is 14.4. The zero-order chi connectivity index (χ0) is 15.9. The quantitative estimate of drug-likeness (QED) is 0.742. The fraction of sp³-hybridized carbons (Fsp3) is 0.765. The number of rotatable bonds is 9. The zero-order valence-corrected chi connectivity index (χ0v) is 14.5. The molecule has 1 N–H and O–H groups in total. The average Bonchev–Trinajstić information content (AvgIpc) is 2.44. The maximum atomic E-state index is 5.93. The predicted molar refractivity (Wildman–Crippen MR) is 88.6 cm³/mol. The van der Waals surface area contributed by atoms with E-state index in [1.807, 2.05) is 6.92 Å². The average molecular weight is 293 g/mol. The van der Waals surface area contributed by atoms with Gasteiger partial charge in [-0.1, -0.05) is 27.7 Å². The molecule has 0 aromatic carbocycles. The third-order valence-corrected chi connectivity index (χ3v) is 3.56. The largest absolute Gasteiger partial charge is 0.370 e. The lowest BCUT2D eigenvalue weighted by atomic mass is 10.0. The van der Waals surface area contributed by atoms with Crippen LogP contribution in [0.15, 0.2) is 6.07 Å². The number of ether oxygens (including phenoxy) is 1. The Hall–Kier alpha value is -1.16. The Bertz CT molecular complexity index is 434. The molecule has 0 saturated heterocycles. The topological polar surface area (TPSA) is 47.0 Å². The molecule has 0 saturated carbocycles. The highest BCUT2D eigenvalue weighted by Gasteiger charge is 2.29. The van der Waals surface area contributed by atoms with Crippen LogP contribution in [0.2, 0.25) is 0 Å². The molecule has 0 spiro atoms. The second-order valence-corrected chi connectivity index (χ2v) is 6.11. The minimum absolute atomic E-state index is 0.412. The van der Waals surface area contributed by atoms with Crippen molar-refractivity contribution in [2.75, 3.05) is 18.5 Å². The number of hydrogen-bond acceptors (Lipinski definition) is 4. The highest BCUT2D eigenvalue weighted by Crippen LogP contribution is 2.27. The fourth-order valence-corrected chi connectivity index (χ4v) is 2.24. The van der Waals surface area contributed by atoms with Gasteiger partial charge >= 0.3 is 0 Å². The van der Waals surface area contributed by atoms with Gasteiger partial charge in [-0.3, -0.25) is 0 Å². The Kier molecular flexibility index (Phi) is 7.09. The molecule has 1 heterocycles. The van der Waals surface area contributed by atoms with E-state index in [4.69, 9.17) is 14.7 Å². The van der Waals surface area contributed by atoms with E-state index in [2.05, 4.69) is 46.0 Å². The summed E-state index contributed by atoms with van der Waals surface area (Å²) >= 11 is 0. The maximum Gasteiger partial charge on any atom is 0.162 e. The number of nitrogens with zero attached hydrogens (tertiary/aromatic N) is 2. The van der Waals surface area contributed by atoms with Gasteiger partial charge in [-0.2, -0.15) is 0 Å². The van der Waals surface area contributed by atoms with Crippen molar-refractivity contribution in [1.29, 1.82) is 0 Å². The van der Waals surface area contributed by atoms with Crippen molar-refractivity contribution in [2.24, 2.45) is 5.92 Å². The van der Waals surface area contributed by atoms with Gasteiger partial charge in [0.05, 0.1) is 0 Å². The summed E-state index contributed by atoms with van der Waals surface area (Å²) < 4.78 is 5.93. The van der Waals surface area contributed by atoms with Gasteiger partial charge in [-0.05, 0) is 39.0 Å². The first kappa shape index (κ1) is 17.9. The summed E-state index contributed by atoms with van der Waals surface area (Å²) in [5.41, 5.74) is 0.678. The van der Waals surface area contributed by atoms with Crippen LogP contribution in [0.4, 0.5) is 5.82 Å². The predicted octanol–water partition coefficient (Wildman–Crippen LogP) is 4.16. The lowest BCUT2D eigenvalue weighted by Crippen LogP contribution is -2.29. The van der Waals surface area contributed by atoms with Crippen molar-refractivity contribution in [3.05, 3.63) is 17.6 Å². The molecular formula is C17H31N3O. The number of anilines is 1. The molecule has 4 heteroatoms. The monoisotopic (exact) mass is 293 g/mol. The van der Waals surface area contributed by atoms with Gasteiger partial charge in [0.15, 0.2) is 5.82 Å². The standard InChI is InChI=1S/C17H31N3O/c1-7-10-18-15-12-14(11-13(4)5)19-16(20-15)17(6,8-2)21-9-3/h12-13H,7-11H2,1-6H3,(H,18,19,20). The highest BCUT2D eigenvalue weighted by atomic mass is 16.5. The van der Waals surface area contributed by atoms with E-state index in [0.717, 1.165) is 43.1 Å². The fourth-order valence-electron chi connectivity index (χ4n) is 2.24. The van der Waals surface area contributed by atoms with E-state index in [-0.39, 0.29) is 0 Å². The van der Waals surface area contributed by atoms with Crippen LogP contribution >= 0.6 is 0 Å². The molecule has 1 aromatic rings. The Morgan fingerprint density at radius 2 is 1.95 bits per heavy atom. The van der Waals surface area contributed by atoms with Crippen molar-refractivity contribution >= 4 is 5.82 Å². The molecule has 0 aliphatic carbocycles. The first-order valence-electron chi connectivity index (χ1n) is 8.21. The highest BCUT2D eigenvalue weighted by molar-refractivity contribution is 5.37. The van der Waals surface area contributed by atoms with Crippen LogP contribution in [0.25, 0.3) is 0 Å². The molecule has 1 atom stereocenters. The van der Waals surface area contributed by atoms with Gasteiger partial charge in [0.25, 0.3) is 0 Å². The summed E-state index contributed by atoms with van der Waals surface area (Å²) in [5.74, 6) is 2.28. The van der Waals surface area contributed by atoms with E-state index >= 15 is 0 Å². The lowest BCUT2D eigenvalue weighted by molar-refractivity contribution is -0.0391. The van der Waals surface area contributed by atoms with Gasteiger partial charge in [0.2, 0.25) is 0 Å². The summed E-state index contributed by atoms with van der Waals surface area (Å²) in [5, 5.41) is 3.38. The smallest absolute Gasteiger partial charge is 0.162 e. The molecule has 0 aliphatic rings. The third-order valence-electron chi connectivity index (χ3n) is 3.56. The van der Waals surface area contributed by atoms with Gasteiger partial charge in [0.1, 0.15) is 11.4 Å². The van der Waals surface area contributed by atoms with Crippen molar-refractivity contribution in [3.8, 4) is 0 Å². The van der Waals surface area contributed by atoms with Crippen LogP contribution in [-0.4, -0.2) is 23.1 Å². The van der Waals surface area contributed by atoms with Crippen LogP contribution in [0.5, 0.6) is 0 Å². The number of nitrogens with one attached hydrogen (secondary N) is 1. The van der Waals surface area contributed by atoms with E-state index < -0.39 is 5.60 Å². The molecule has 0 amide bonds.